The van der Waals surface area contributed by atoms with Gasteiger partial charge in [-0.05, 0) is 72.0 Å². The molecule has 0 unspecified atom stereocenters. The summed E-state index contributed by atoms with van der Waals surface area (Å²) in [5, 5.41) is 3.24. The molecule has 1 N–H and O–H groups in total. The molecule has 0 aliphatic carbocycles. The highest BCUT2D eigenvalue weighted by Gasteiger charge is 2.34. The third-order valence-corrected chi connectivity index (χ3v) is 5.49. The SMILES string of the molecule is O=C(N[C@H]1CN2CCC1CC2)c1ccn2c(Br)ccc2c1. The third kappa shape index (κ3) is 2.38. The molecule has 1 atom stereocenters. The molecule has 3 aliphatic rings. The average molecular weight is 348 g/mol. The summed E-state index contributed by atoms with van der Waals surface area (Å²) in [5.74, 6) is 0.707. The lowest BCUT2D eigenvalue weighted by atomic mass is 9.84. The number of nitrogens with one attached hydrogen (secondary N) is 1. The van der Waals surface area contributed by atoms with Gasteiger partial charge in [0.15, 0.2) is 0 Å². The van der Waals surface area contributed by atoms with Crippen LogP contribution in [-0.2, 0) is 0 Å². The Morgan fingerprint density at radius 2 is 2.05 bits per heavy atom. The summed E-state index contributed by atoms with van der Waals surface area (Å²) in [4.78, 5) is 14.9. The van der Waals surface area contributed by atoms with Gasteiger partial charge in [0.2, 0.25) is 0 Å². The maximum Gasteiger partial charge on any atom is 0.251 e. The van der Waals surface area contributed by atoms with Crippen molar-refractivity contribution in [3.63, 3.8) is 0 Å². The molecule has 21 heavy (non-hydrogen) atoms. The molecule has 3 fully saturated rings. The largest absolute Gasteiger partial charge is 0.348 e. The van der Waals surface area contributed by atoms with Crippen LogP contribution in [-0.4, -0.2) is 40.9 Å². The number of hydrogen-bond donors (Lipinski definition) is 1. The van der Waals surface area contributed by atoms with Crippen LogP contribution in [0.2, 0.25) is 0 Å². The zero-order valence-corrected chi connectivity index (χ0v) is 13.3. The summed E-state index contributed by atoms with van der Waals surface area (Å²) in [6, 6.07) is 8.14. The summed E-state index contributed by atoms with van der Waals surface area (Å²) in [5.41, 5.74) is 1.77. The van der Waals surface area contributed by atoms with Gasteiger partial charge in [-0.2, -0.15) is 0 Å². The van der Waals surface area contributed by atoms with E-state index in [0.29, 0.717) is 12.0 Å². The predicted octanol–water partition coefficient (Wildman–Crippen LogP) is 2.53. The molecule has 2 bridgehead atoms. The second-order valence-electron chi connectivity index (χ2n) is 6.08. The number of fused-ring (bicyclic) bond motifs is 4. The Kier molecular flexibility index (Phi) is 3.27. The van der Waals surface area contributed by atoms with E-state index in [1.165, 1.54) is 25.9 Å². The molecule has 5 heterocycles. The van der Waals surface area contributed by atoms with Crippen molar-refractivity contribution in [1.29, 1.82) is 0 Å². The molecule has 0 radical (unpaired) electrons. The number of piperidine rings is 3. The number of halogens is 1. The second-order valence-corrected chi connectivity index (χ2v) is 6.90. The summed E-state index contributed by atoms with van der Waals surface area (Å²) < 4.78 is 3.02. The van der Waals surface area contributed by atoms with E-state index >= 15 is 0 Å². The van der Waals surface area contributed by atoms with E-state index in [1.807, 2.05) is 34.9 Å². The number of amides is 1. The van der Waals surface area contributed by atoms with E-state index < -0.39 is 0 Å². The highest BCUT2D eigenvalue weighted by molar-refractivity contribution is 9.10. The maximum atomic E-state index is 12.5. The molecule has 1 amide bonds. The van der Waals surface area contributed by atoms with Crippen molar-refractivity contribution in [1.82, 2.24) is 14.6 Å². The van der Waals surface area contributed by atoms with Crippen molar-refractivity contribution in [3.05, 3.63) is 40.6 Å². The molecule has 0 saturated carbocycles. The smallest absolute Gasteiger partial charge is 0.251 e. The van der Waals surface area contributed by atoms with E-state index in [0.717, 1.165) is 22.2 Å². The highest BCUT2D eigenvalue weighted by atomic mass is 79.9. The van der Waals surface area contributed by atoms with E-state index in [2.05, 4.69) is 26.1 Å². The van der Waals surface area contributed by atoms with Crippen molar-refractivity contribution in [2.75, 3.05) is 19.6 Å². The lowest BCUT2D eigenvalue weighted by Crippen LogP contribution is -2.57. The van der Waals surface area contributed by atoms with Crippen LogP contribution in [0.15, 0.2) is 35.1 Å². The number of carbonyl (C=O) groups is 1. The first-order chi connectivity index (χ1) is 10.2. The third-order valence-electron chi connectivity index (χ3n) is 4.84. The Labute approximate surface area is 132 Å². The number of nitrogens with zero attached hydrogens (tertiary/aromatic N) is 2. The van der Waals surface area contributed by atoms with Gasteiger partial charge < -0.3 is 14.6 Å². The predicted molar refractivity (Wildman–Crippen MR) is 85.5 cm³/mol. The van der Waals surface area contributed by atoms with Crippen LogP contribution in [0.1, 0.15) is 23.2 Å². The van der Waals surface area contributed by atoms with Crippen molar-refractivity contribution in [2.24, 2.45) is 5.92 Å². The van der Waals surface area contributed by atoms with Gasteiger partial charge in [-0.3, -0.25) is 4.79 Å². The lowest BCUT2D eigenvalue weighted by Gasteiger charge is -2.44. The minimum absolute atomic E-state index is 0.0496. The molecular weight excluding hydrogens is 330 g/mol. The van der Waals surface area contributed by atoms with Crippen LogP contribution in [0.5, 0.6) is 0 Å². The van der Waals surface area contributed by atoms with Gasteiger partial charge in [-0.1, -0.05) is 0 Å². The number of rotatable bonds is 2. The fraction of sp³-hybridized carbons (Fsp3) is 0.438. The van der Waals surface area contributed by atoms with E-state index in [4.69, 9.17) is 0 Å². The zero-order valence-electron chi connectivity index (χ0n) is 11.8. The fourth-order valence-corrected chi connectivity index (χ4v) is 4.05. The van der Waals surface area contributed by atoms with Crippen molar-refractivity contribution >= 4 is 27.4 Å². The van der Waals surface area contributed by atoms with Gasteiger partial charge in [0.25, 0.3) is 5.91 Å². The minimum atomic E-state index is 0.0496. The van der Waals surface area contributed by atoms with Gasteiger partial charge in [0, 0.05) is 29.9 Å². The second kappa shape index (κ2) is 5.14. The Morgan fingerprint density at radius 1 is 1.24 bits per heavy atom. The van der Waals surface area contributed by atoms with Gasteiger partial charge in [-0.25, -0.2) is 0 Å². The highest BCUT2D eigenvalue weighted by Crippen LogP contribution is 2.27. The molecule has 0 aromatic carbocycles. The fourth-order valence-electron chi connectivity index (χ4n) is 3.60. The first-order valence-corrected chi connectivity index (χ1v) is 8.30. The van der Waals surface area contributed by atoms with Crippen LogP contribution in [0, 0.1) is 5.92 Å². The lowest BCUT2D eigenvalue weighted by molar-refractivity contribution is 0.0620. The minimum Gasteiger partial charge on any atom is -0.348 e. The van der Waals surface area contributed by atoms with Crippen LogP contribution in [0.4, 0.5) is 0 Å². The van der Waals surface area contributed by atoms with Crippen LogP contribution in [0.25, 0.3) is 5.52 Å². The number of pyridine rings is 1. The Bertz CT molecular complexity index is 688. The number of carbonyl (C=O) groups excluding carboxylic acids is 1. The van der Waals surface area contributed by atoms with Gasteiger partial charge in [-0.15, -0.1) is 0 Å². The first-order valence-electron chi connectivity index (χ1n) is 7.50. The van der Waals surface area contributed by atoms with Crippen LogP contribution >= 0.6 is 15.9 Å². The van der Waals surface area contributed by atoms with Gasteiger partial charge >= 0.3 is 0 Å². The molecule has 5 rings (SSSR count). The standard InChI is InChI=1S/C16H18BrN3O/c17-15-2-1-13-9-12(5-8-20(13)15)16(21)18-14-10-19-6-3-11(14)4-7-19/h1-2,5,8-9,11,14H,3-4,6-7,10H2,(H,18,21)/t14-/m0/s1. The normalized spacial score (nSPS) is 28.0. The maximum absolute atomic E-state index is 12.5. The summed E-state index contributed by atoms with van der Waals surface area (Å²) in [6.07, 6.45) is 4.37. The molecule has 2 aromatic heterocycles. The zero-order chi connectivity index (χ0) is 14.4. The topological polar surface area (TPSA) is 36.8 Å². The van der Waals surface area contributed by atoms with Crippen molar-refractivity contribution in [3.8, 4) is 0 Å². The molecule has 4 nitrogen and oxygen atoms in total. The summed E-state index contributed by atoms with van der Waals surface area (Å²) in [6.45, 7) is 3.40. The molecule has 0 spiro atoms. The molecule has 110 valence electrons. The summed E-state index contributed by atoms with van der Waals surface area (Å²) >= 11 is 3.49. The van der Waals surface area contributed by atoms with Gasteiger partial charge in [0.05, 0.1) is 4.60 Å². The Balaban J connectivity index is 1.53. The average Bonchev–Trinajstić information content (AvgIpc) is 2.89. The first kappa shape index (κ1) is 13.3. The summed E-state index contributed by atoms with van der Waals surface area (Å²) in [7, 11) is 0. The number of hydrogen-bond acceptors (Lipinski definition) is 2. The van der Waals surface area contributed by atoms with E-state index in [9.17, 15) is 4.79 Å². The van der Waals surface area contributed by atoms with E-state index in [-0.39, 0.29) is 5.91 Å². The van der Waals surface area contributed by atoms with Crippen LogP contribution in [0.3, 0.4) is 0 Å². The van der Waals surface area contributed by atoms with Crippen molar-refractivity contribution < 1.29 is 4.79 Å². The Hall–Kier alpha value is -1.33. The molecule has 5 heteroatoms. The monoisotopic (exact) mass is 347 g/mol. The van der Waals surface area contributed by atoms with Gasteiger partial charge in [0.1, 0.15) is 0 Å². The molecule has 3 saturated heterocycles. The molecular formula is C16H18BrN3O. The molecule has 2 aromatic rings. The quantitative estimate of drug-likeness (QED) is 0.906. The molecule has 3 aliphatic heterocycles. The van der Waals surface area contributed by atoms with Crippen LogP contribution < -0.4 is 5.32 Å². The van der Waals surface area contributed by atoms with E-state index in [1.54, 1.807) is 0 Å². The van der Waals surface area contributed by atoms with Crippen molar-refractivity contribution in [2.45, 2.75) is 18.9 Å². The Morgan fingerprint density at radius 3 is 2.76 bits per heavy atom. The number of aromatic nitrogens is 1.